The van der Waals surface area contributed by atoms with Crippen LogP contribution in [0.2, 0.25) is 0 Å². The lowest BCUT2D eigenvalue weighted by Gasteiger charge is -2.14. The molecule has 0 aliphatic rings. The van der Waals surface area contributed by atoms with Gasteiger partial charge in [-0.25, -0.2) is 0 Å². The van der Waals surface area contributed by atoms with Gasteiger partial charge in [-0.3, -0.25) is 9.59 Å². The van der Waals surface area contributed by atoms with Gasteiger partial charge in [0.25, 0.3) is 0 Å². The summed E-state index contributed by atoms with van der Waals surface area (Å²) in [6.07, 6.45) is 2.36. The lowest BCUT2D eigenvalue weighted by molar-refractivity contribution is 0.0999. The van der Waals surface area contributed by atoms with Crippen LogP contribution in [0.1, 0.15) is 21.5 Å². The molecule has 2 aromatic rings. The fourth-order valence-corrected chi connectivity index (χ4v) is 2.15. The lowest BCUT2D eigenvalue weighted by atomic mass is 10.00. The van der Waals surface area contributed by atoms with E-state index in [9.17, 15) is 9.59 Å². The first-order valence-electron chi connectivity index (χ1n) is 6.73. The highest BCUT2D eigenvalue weighted by atomic mass is 16.1. The highest BCUT2D eigenvalue weighted by Gasteiger charge is 2.13. The largest absolute Gasteiger partial charge is 0.366 e. The summed E-state index contributed by atoms with van der Waals surface area (Å²) in [5.41, 5.74) is 7.62. The zero-order valence-electron chi connectivity index (χ0n) is 11.6. The van der Waals surface area contributed by atoms with E-state index in [1.54, 1.807) is 18.2 Å². The second-order valence-corrected chi connectivity index (χ2v) is 4.76. The van der Waals surface area contributed by atoms with Gasteiger partial charge in [0.1, 0.15) is 0 Å². The Morgan fingerprint density at radius 3 is 2.43 bits per heavy atom. The molecular formula is C17H17N2O2. The van der Waals surface area contributed by atoms with E-state index < -0.39 is 11.9 Å². The summed E-state index contributed by atoms with van der Waals surface area (Å²) in [7, 11) is 0. The van der Waals surface area contributed by atoms with Crippen molar-refractivity contribution >= 4 is 12.2 Å². The van der Waals surface area contributed by atoms with Gasteiger partial charge in [-0.2, -0.15) is 0 Å². The first-order chi connectivity index (χ1) is 10.2. The van der Waals surface area contributed by atoms with Gasteiger partial charge in [-0.05, 0) is 23.6 Å². The Hall–Kier alpha value is -2.46. The van der Waals surface area contributed by atoms with Gasteiger partial charge < -0.3 is 11.1 Å². The second-order valence-electron chi connectivity index (χ2n) is 4.76. The van der Waals surface area contributed by atoms with Gasteiger partial charge in [0.05, 0.1) is 6.04 Å². The van der Waals surface area contributed by atoms with E-state index in [0.29, 0.717) is 18.5 Å². The molecule has 0 saturated carbocycles. The Morgan fingerprint density at radius 2 is 1.76 bits per heavy atom. The standard InChI is InChI=1S/C17H17N2O2/c18-17(21)16-9-5-4-8-14(16)10-15(12-20)19-11-13-6-2-1-3-7-13/h1-9,15,19H,10-11H2,(H2,18,21)/t15-/m0/s1. The molecule has 0 saturated heterocycles. The van der Waals surface area contributed by atoms with Gasteiger partial charge in [0, 0.05) is 12.1 Å². The van der Waals surface area contributed by atoms with Crippen molar-refractivity contribution in [2.45, 2.75) is 19.0 Å². The monoisotopic (exact) mass is 281 g/mol. The minimum absolute atomic E-state index is 0.384. The zero-order chi connectivity index (χ0) is 15.1. The van der Waals surface area contributed by atoms with Crippen molar-refractivity contribution in [3.63, 3.8) is 0 Å². The maximum atomic E-state index is 11.4. The third-order valence-corrected chi connectivity index (χ3v) is 3.24. The third-order valence-electron chi connectivity index (χ3n) is 3.24. The Morgan fingerprint density at radius 1 is 1.10 bits per heavy atom. The molecule has 0 fully saturated rings. The second kappa shape index (κ2) is 7.36. The maximum absolute atomic E-state index is 11.4. The van der Waals surface area contributed by atoms with Crippen molar-refractivity contribution < 1.29 is 9.59 Å². The topological polar surface area (TPSA) is 72.2 Å². The molecule has 4 nitrogen and oxygen atoms in total. The van der Waals surface area contributed by atoms with Crippen molar-refractivity contribution in [2.24, 2.45) is 5.73 Å². The Balaban J connectivity index is 2.03. The van der Waals surface area contributed by atoms with E-state index in [2.05, 4.69) is 5.32 Å². The number of hydrogen-bond donors (Lipinski definition) is 2. The summed E-state index contributed by atoms with van der Waals surface area (Å²) in [6.45, 7) is 0.569. The van der Waals surface area contributed by atoms with E-state index in [4.69, 9.17) is 5.73 Å². The van der Waals surface area contributed by atoms with Crippen molar-refractivity contribution in [3.05, 3.63) is 71.3 Å². The molecule has 0 unspecified atom stereocenters. The van der Waals surface area contributed by atoms with Crippen LogP contribution in [0.5, 0.6) is 0 Å². The molecule has 0 spiro atoms. The number of benzene rings is 2. The van der Waals surface area contributed by atoms with E-state index in [1.807, 2.05) is 42.7 Å². The predicted octanol–water partition coefficient (Wildman–Crippen LogP) is 1.60. The van der Waals surface area contributed by atoms with E-state index in [1.165, 1.54) is 0 Å². The SMILES string of the molecule is NC(=O)c1ccccc1C[C@@H]([C]=O)NCc1ccccc1. The molecule has 21 heavy (non-hydrogen) atoms. The Bertz CT molecular complexity index is 611. The van der Waals surface area contributed by atoms with Crippen molar-refractivity contribution in [3.8, 4) is 0 Å². The molecule has 3 N–H and O–H groups in total. The first kappa shape index (κ1) is 14.9. The number of primary amides is 1. The predicted molar refractivity (Wildman–Crippen MR) is 81.4 cm³/mol. The number of rotatable bonds is 7. The van der Waals surface area contributed by atoms with Crippen LogP contribution in [-0.2, 0) is 17.8 Å². The molecule has 0 bridgehead atoms. The first-order valence-corrected chi connectivity index (χ1v) is 6.73. The smallest absolute Gasteiger partial charge is 0.248 e. The summed E-state index contributed by atoms with van der Waals surface area (Å²) in [5, 5.41) is 3.12. The number of hydrogen-bond acceptors (Lipinski definition) is 3. The minimum atomic E-state index is -0.488. The number of carbonyl (C=O) groups excluding carboxylic acids is 2. The Kier molecular flexibility index (Phi) is 5.23. The summed E-state index contributed by atoms with van der Waals surface area (Å²) in [5.74, 6) is -0.488. The van der Waals surface area contributed by atoms with Gasteiger partial charge in [0.2, 0.25) is 12.2 Å². The molecule has 107 valence electrons. The van der Waals surface area contributed by atoms with Gasteiger partial charge in [-0.1, -0.05) is 48.5 Å². The summed E-state index contributed by atoms with van der Waals surface area (Å²) < 4.78 is 0. The quantitative estimate of drug-likeness (QED) is 0.809. The van der Waals surface area contributed by atoms with Gasteiger partial charge in [0.15, 0.2) is 0 Å². The fraction of sp³-hybridized carbons (Fsp3) is 0.176. The molecule has 4 heteroatoms. The molecule has 2 aromatic carbocycles. The van der Waals surface area contributed by atoms with Gasteiger partial charge >= 0.3 is 0 Å². The molecular weight excluding hydrogens is 264 g/mol. The van der Waals surface area contributed by atoms with Crippen LogP contribution >= 0.6 is 0 Å². The molecule has 0 aliphatic carbocycles. The maximum Gasteiger partial charge on any atom is 0.248 e. The normalized spacial score (nSPS) is 11.8. The van der Waals surface area contributed by atoms with Crippen molar-refractivity contribution in [2.75, 3.05) is 0 Å². The lowest BCUT2D eigenvalue weighted by Crippen LogP contribution is -2.32. The number of nitrogens with one attached hydrogen (secondary N) is 1. The Labute approximate surface area is 124 Å². The fourth-order valence-electron chi connectivity index (χ4n) is 2.15. The van der Waals surface area contributed by atoms with Crippen molar-refractivity contribution in [1.82, 2.24) is 5.32 Å². The van der Waals surface area contributed by atoms with Crippen molar-refractivity contribution in [1.29, 1.82) is 0 Å². The highest BCUT2D eigenvalue weighted by molar-refractivity contribution is 5.94. The molecule has 0 aliphatic heterocycles. The highest BCUT2D eigenvalue weighted by Crippen LogP contribution is 2.10. The summed E-state index contributed by atoms with van der Waals surface area (Å²) in [4.78, 5) is 22.5. The number of amides is 1. The molecule has 0 aromatic heterocycles. The van der Waals surface area contributed by atoms with Crippen LogP contribution < -0.4 is 11.1 Å². The van der Waals surface area contributed by atoms with Crippen LogP contribution in [0.3, 0.4) is 0 Å². The zero-order valence-corrected chi connectivity index (χ0v) is 11.6. The molecule has 1 amide bonds. The molecule has 1 radical (unpaired) electrons. The number of carbonyl (C=O) groups is 1. The van der Waals surface area contributed by atoms with Gasteiger partial charge in [-0.15, -0.1) is 0 Å². The third kappa shape index (κ3) is 4.26. The van der Waals surface area contributed by atoms with Crippen LogP contribution in [0.25, 0.3) is 0 Å². The van der Waals surface area contributed by atoms with Crippen LogP contribution in [0, 0.1) is 0 Å². The van der Waals surface area contributed by atoms with Crippen LogP contribution in [0.15, 0.2) is 54.6 Å². The summed E-state index contributed by atoms with van der Waals surface area (Å²) >= 11 is 0. The van der Waals surface area contributed by atoms with E-state index >= 15 is 0 Å². The molecule has 1 atom stereocenters. The minimum Gasteiger partial charge on any atom is -0.366 e. The number of nitrogens with two attached hydrogens (primary N) is 1. The van der Waals surface area contributed by atoms with Crippen LogP contribution in [-0.4, -0.2) is 18.2 Å². The summed E-state index contributed by atoms with van der Waals surface area (Å²) in [6, 6.07) is 16.3. The average molecular weight is 281 g/mol. The molecule has 0 heterocycles. The van der Waals surface area contributed by atoms with E-state index in [0.717, 1.165) is 11.1 Å². The van der Waals surface area contributed by atoms with Crippen LogP contribution in [0.4, 0.5) is 0 Å². The van der Waals surface area contributed by atoms with E-state index in [-0.39, 0.29) is 0 Å². The molecule has 2 rings (SSSR count). The average Bonchev–Trinajstić information content (AvgIpc) is 2.52.